The van der Waals surface area contributed by atoms with Crippen LogP contribution in [0.2, 0.25) is 0 Å². The number of phosphoric ester groups is 1. The molecule has 11 heteroatoms. The number of phosphoric acid groups is 1. The van der Waals surface area contributed by atoms with Gasteiger partial charge in [0.1, 0.15) is 12.7 Å². The molecule has 0 saturated heterocycles. The average molecular weight is 485 g/mol. The smallest absolute Gasteiger partial charge is 0.462 e. The van der Waals surface area contributed by atoms with E-state index in [9.17, 15) is 24.2 Å². The molecule has 0 spiro atoms. The molecule has 0 saturated carbocycles. The minimum atomic E-state index is -4.57. The number of carbonyl (C=O) groups excluding carboxylic acids is 2. The quantitative estimate of drug-likeness (QED) is 0.126. The fraction of sp³-hybridized carbons (Fsp3) is 0.905. The molecule has 0 amide bonds. The van der Waals surface area contributed by atoms with Crippen molar-refractivity contribution in [2.45, 2.75) is 96.7 Å². The number of ether oxygens (including phenoxy) is 2. The Morgan fingerprint density at radius 3 is 2.00 bits per heavy atom. The summed E-state index contributed by atoms with van der Waals surface area (Å²) in [5.74, 6) is -0.967. The standard InChI is InChI=1S/C21H41O10P/c1-3-5-7-8-9-11-13-21(25)31-19(16-28-20(24)12-10-6-4-2)17-30-32(26,27)29-15-18(23)14-22/h18-19,22-23H,3-17H2,1-2H3,(H,26,27)/t18-,19+/m0/s1. The molecule has 190 valence electrons. The fourth-order valence-electron chi connectivity index (χ4n) is 2.64. The maximum Gasteiger partial charge on any atom is 0.472 e. The van der Waals surface area contributed by atoms with Crippen LogP contribution in [0.3, 0.4) is 0 Å². The Labute approximate surface area is 191 Å². The van der Waals surface area contributed by atoms with Gasteiger partial charge < -0.3 is 24.6 Å². The second kappa shape index (κ2) is 19.4. The van der Waals surface area contributed by atoms with Crippen molar-refractivity contribution in [2.75, 3.05) is 26.4 Å². The first-order chi connectivity index (χ1) is 15.2. The van der Waals surface area contributed by atoms with Gasteiger partial charge in [-0.05, 0) is 12.8 Å². The van der Waals surface area contributed by atoms with E-state index in [1.165, 1.54) is 0 Å². The summed E-state index contributed by atoms with van der Waals surface area (Å²) < 4.78 is 31.7. The molecule has 0 aliphatic carbocycles. The van der Waals surface area contributed by atoms with Gasteiger partial charge in [0.15, 0.2) is 6.10 Å². The summed E-state index contributed by atoms with van der Waals surface area (Å²) in [6, 6.07) is 0. The van der Waals surface area contributed by atoms with Gasteiger partial charge in [0.2, 0.25) is 0 Å². The van der Waals surface area contributed by atoms with Crippen LogP contribution < -0.4 is 0 Å². The van der Waals surface area contributed by atoms with E-state index in [-0.39, 0.29) is 19.4 Å². The minimum Gasteiger partial charge on any atom is -0.462 e. The van der Waals surface area contributed by atoms with E-state index in [1.54, 1.807) is 0 Å². The van der Waals surface area contributed by atoms with Gasteiger partial charge in [-0.1, -0.05) is 58.8 Å². The number of carbonyl (C=O) groups is 2. The first kappa shape index (κ1) is 31.0. The highest BCUT2D eigenvalue weighted by atomic mass is 31.2. The molecule has 0 fully saturated rings. The van der Waals surface area contributed by atoms with Crippen LogP contribution in [0.4, 0.5) is 0 Å². The van der Waals surface area contributed by atoms with Gasteiger partial charge in [-0.3, -0.25) is 18.6 Å². The summed E-state index contributed by atoms with van der Waals surface area (Å²) in [4.78, 5) is 33.6. The van der Waals surface area contributed by atoms with E-state index < -0.39 is 51.8 Å². The molecule has 0 heterocycles. The maximum absolute atomic E-state index is 12.1. The van der Waals surface area contributed by atoms with Gasteiger partial charge in [0.05, 0.1) is 19.8 Å². The van der Waals surface area contributed by atoms with Crippen LogP contribution in [0.1, 0.15) is 84.5 Å². The number of hydrogen-bond acceptors (Lipinski definition) is 9. The van der Waals surface area contributed by atoms with Gasteiger partial charge in [-0.25, -0.2) is 4.57 Å². The van der Waals surface area contributed by atoms with Gasteiger partial charge in [0, 0.05) is 12.8 Å². The Hall–Kier alpha value is -1.03. The lowest BCUT2D eigenvalue weighted by atomic mass is 10.1. The first-order valence-electron chi connectivity index (χ1n) is 11.5. The molecule has 0 aromatic heterocycles. The predicted octanol–water partition coefficient (Wildman–Crippen LogP) is 3.26. The highest BCUT2D eigenvalue weighted by Gasteiger charge is 2.27. The van der Waals surface area contributed by atoms with Crippen LogP contribution in [-0.2, 0) is 32.7 Å². The molecule has 10 nitrogen and oxygen atoms in total. The zero-order valence-electron chi connectivity index (χ0n) is 19.4. The van der Waals surface area contributed by atoms with Gasteiger partial charge in [-0.15, -0.1) is 0 Å². The Kier molecular flexibility index (Phi) is 18.8. The van der Waals surface area contributed by atoms with E-state index in [1.807, 2.05) is 6.92 Å². The summed E-state index contributed by atoms with van der Waals surface area (Å²) in [6.45, 7) is 2.03. The maximum atomic E-state index is 12.1. The van der Waals surface area contributed by atoms with E-state index in [4.69, 9.17) is 19.1 Å². The van der Waals surface area contributed by atoms with Crippen molar-refractivity contribution in [1.29, 1.82) is 0 Å². The molecular formula is C21H41O10P. The Bertz CT molecular complexity index is 543. The van der Waals surface area contributed by atoms with E-state index in [2.05, 4.69) is 11.4 Å². The SMILES string of the molecule is CCCCCCCCC(=O)O[C@H](COC(=O)CCCCC)COP(=O)(O)OC[C@@H](O)CO. The van der Waals surface area contributed by atoms with E-state index in [0.717, 1.165) is 44.9 Å². The number of rotatable bonds is 21. The van der Waals surface area contributed by atoms with Crippen LogP contribution in [0, 0.1) is 0 Å². The average Bonchev–Trinajstić information content (AvgIpc) is 2.76. The molecule has 0 aromatic carbocycles. The van der Waals surface area contributed by atoms with E-state index >= 15 is 0 Å². The zero-order chi connectivity index (χ0) is 24.2. The van der Waals surface area contributed by atoms with Crippen molar-refractivity contribution in [1.82, 2.24) is 0 Å². The summed E-state index contributed by atoms with van der Waals surface area (Å²) in [6.07, 6.45) is 6.53. The summed E-state index contributed by atoms with van der Waals surface area (Å²) >= 11 is 0. The molecule has 0 aliphatic rings. The van der Waals surface area contributed by atoms with Crippen LogP contribution in [-0.4, -0.2) is 65.7 Å². The summed E-state index contributed by atoms with van der Waals surface area (Å²) in [5, 5.41) is 17.9. The van der Waals surface area contributed by atoms with Crippen LogP contribution in [0.25, 0.3) is 0 Å². The minimum absolute atomic E-state index is 0.184. The van der Waals surface area contributed by atoms with Crippen molar-refractivity contribution in [3.63, 3.8) is 0 Å². The predicted molar refractivity (Wildman–Crippen MR) is 118 cm³/mol. The third-order valence-electron chi connectivity index (χ3n) is 4.51. The lowest BCUT2D eigenvalue weighted by molar-refractivity contribution is -0.161. The van der Waals surface area contributed by atoms with Gasteiger partial charge in [-0.2, -0.15) is 0 Å². The third-order valence-corrected chi connectivity index (χ3v) is 5.46. The largest absolute Gasteiger partial charge is 0.472 e. The number of unbranched alkanes of at least 4 members (excludes halogenated alkanes) is 7. The molecule has 0 rings (SSSR count). The normalized spacial score (nSPS) is 15.0. The molecule has 32 heavy (non-hydrogen) atoms. The first-order valence-corrected chi connectivity index (χ1v) is 13.0. The molecule has 3 N–H and O–H groups in total. The van der Waals surface area contributed by atoms with E-state index in [0.29, 0.717) is 12.8 Å². The molecule has 0 aromatic rings. The second-order valence-corrected chi connectivity index (χ2v) is 9.12. The molecular weight excluding hydrogens is 443 g/mol. The van der Waals surface area contributed by atoms with Crippen LogP contribution in [0.15, 0.2) is 0 Å². The summed E-state index contributed by atoms with van der Waals surface area (Å²) in [5.41, 5.74) is 0. The topological polar surface area (TPSA) is 149 Å². The second-order valence-electron chi connectivity index (χ2n) is 7.67. The number of aliphatic hydroxyl groups is 2. The highest BCUT2D eigenvalue weighted by Crippen LogP contribution is 2.43. The molecule has 0 radical (unpaired) electrons. The molecule has 0 bridgehead atoms. The Morgan fingerprint density at radius 2 is 1.34 bits per heavy atom. The zero-order valence-corrected chi connectivity index (χ0v) is 20.3. The van der Waals surface area contributed by atoms with Crippen molar-refractivity contribution < 1.29 is 47.8 Å². The highest BCUT2D eigenvalue weighted by molar-refractivity contribution is 7.47. The summed E-state index contributed by atoms with van der Waals surface area (Å²) in [7, 11) is -4.57. The lowest BCUT2D eigenvalue weighted by Crippen LogP contribution is -2.29. The third kappa shape index (κ3) is 18.5. The Morgan fingerprint density at radius 1 is 0.812 bits per heavy atom. The van der Waals surface area contributed by atoms with Crippen molar-refractivity contribution in [2.24, 2.45) is 0 Å². The lowest BCUT2D eigenvalue weighted by Gasteiger charge is -2.20. The van der Waals surface area contributed by atoms with Crippen molar-refractivity contribution >= 4 is 19.8 Å². The van der Waals surface area contributed by atoms with Crippen molar-refractivity contribution in [3.8, 4) is 0 Å². The monoisotopic (exact) mass is 484 g/mol. The molecule has 0 aliphatic heterocycles. The van der Waals surface area contributed by atoms with Crippen LogP contribution in [0.5, 0.6) is 0 Å². The van der Waals surface area contributed by atoms with Crippen LogP contribution >= 0.6 is 7.82 Å². The number of hydrogen-bond donors (Lipinski definition) is 3. The fourth-order valence-corrected chi connectivity index (χ4v) is 3.43. The van der Waals surface area contributed by atoms with Gasteiger partial charge in [0.25, 0.3) is 0 Å². The molecule has 1 unspecified atom stereocenters. The number of esters is 2. The Balaban J connectivity index is 4.59. The molecule has 3 atom stereocenters. The van der Waals surface area contributed by atoms with Crippen molar-refractivity contribution in [3.05, 3.63) is 0 Å². The number of aliphatic hydroxyl groups excluding tert-OH is 2. The van der Waals surface area contributed by atoms with Gasteiger partial charge >= 0.3 is 19.8 Å².